The fraction of sp³-hybridized carbons (Fsp3) is 0.250. The molecule has 2 atom stereocenters. The van der Waals surface area contributed by atoms with Gasteiger partial charge in [-0.25, -0.2) is 4.21 Å². The number of pyridine rings is 1. The first-order valence-electron chi connectivity index (χ1n) is 8.33. The first kappa shape index (κ1) is 15.3. The van der Waals surface area contributed by atoms with Crippen LogP contribution in [0.4, 0.5) is 5.69 Å². The van der Waals surface area contributed by atoms with Crippen molar-refractivity contribution in [3.8, 4) is 0 Å². The minimum atomic E-state index is -1.19. The van der Waals surface area contributed by atoms with Gasteiger partial charge in [0, 0.05) is 29.6 Å². The molecule has 3 aromatic rings. The van der Waals surface area contributed by atoms with E-state index in [1.54, 1.807) is 6.20 Å². The fourth-order valence-corrected chi connectivity index (χ4v) is 4.37. The van der Waals surface area contributed by atoms with Gasteiger partial charge in [0.25, 0.3) is 0 Å². The monoisotopic (exact) mass is 336 g/mol. The molecule has 1 fully saturated rings. The van der Waals surface area contributed by atoms with Crippen LogP contribution in [0, 0.1) is 5.92 Å². The smallest absolute Gasteiger partial charge is 0.0936 e. The van der Waals surface area contributed by atoms with Crippen LogP contribution in [0.5, 0.6) is 0 Å². The highest BCUT2D eigenvalue weighted by Gasteiger charge is 2.21. The lowest BCUT2D eigenvalue weighted by molar-refractivity contribution is 0.659. The number of nitrogens with zero attached hydrogens (tertiary/aromatic N) is 2. The Balaban J connectivity index is 1.73. The van der Waals surface area contributed by atoms with Crippen molar-refractivity contribution in [2.75, 3.05) is 18.0 Å². The third-order valence-electron chi connectivity index (χ3n) is 4.60. The molecule has 3 nitrogen and oxygen atoms in total. The Morgan fingerprint density at radius 2 is 1.92 bits per heavy atom. The topological polar surface area (TPSA) is 33.2 Å². The van der Waals surface area contributed by atoms with E-state index in [1.807, 2.05) is 36.4 Å². The highest BCUT2D eigenvalue weighted by atomic mass is 32.2. The van der Waals surface area contributed by atoms with Gasteiger partial charge in [0.2, 0.25) is 0 Å². The summed E-state index contributed by atoms with van der Waals surface area (Å²) in [4.78, 5) is 8.63. The second-order valence-electron chi connectivity index (χ2n) is 6.44. The number of aromatic nitrogens is 1. The zero-order valence-corrected chi connectivity index (χ0v) is 14.5. The third kappa shape index (κ3) is 2.82. The molecule has 0 amide bonds. The summed E-state index contributed by atoms with van der Waals surface area (Å²) in [6.07, 6.45) is 2.99. The summed E-state index contributed by atoms with van der Waals surface area (Å²) >= 11 is 0. The standard InChI is InChI=1S/C20H20N2OS/c1-15-10-11-22(14-15)19-9-5-6-16-12-18(13-21-20(16)19)24(23)17-7-3-2-4-8-17/h2-9,12-13,15H,10-11,14H2,1H3. The van der Waals surface area contributed by atoms with Gasteiger partial charge in [-0.1, -0.05) is 37.3 Å². The summed E-state index contributed by atoms with van der Waals surface area (Å²) in [5.41, 5.74) is 2.19. The highest BCUT2D eigenvalue weighted by Crippen LogP contribution is 2.30. The van der Waals surface area contributed by atoms with Crippen LogP contribution >= 0.6 is 0 Å². The number of hydrogen-bond donors (Lipinski definition) is 0. The van der Waals surface area contributed by atoms with Gasteiger partial charge >= 0.3 is 0 Å². The van der Waals surface area contributed by atoms with E-state index >= 15 is 0 Å². The Kier molecular flexibility index (Phi) is 4.07. The largest absolute Gasteiger partial charge is 0.369 e. The van der Waals surface area contributed by atoms with Crippen molar-refractivity contribution >= 4 is 27.4 Å². The maximum absolute atomic E-state index is 12.7. The van der Waals surface area contributed by atoms with Crippen molar-refractivity contribution in [1.29, 1.82) is 0 Å². The van der Waals surface area contributed by atoms with E-state index in [9.17, 15) is 4.21 Å². The molecule has 1 aromatic heterocycles. The minimum absolute atomic E-state index is 0.727. The zero-order valence-electron chi connectivity index (χ0n) is 13.7. The molecule has 2 aromatic carbocycles. The number of para-hydroxylation sites is 1. The van der Waals surface area contributed by atoms with Crippen molar-refractivity contribution in [2.45, 2.75) is 23.1 Å². The lowest BCUT2D eigenvalue weighted by atomic mass is 10.1. The van der Waals surface area contributed by atoms with Gasteiger partial charge in [-0.05, 0) is 36.6 Å². The molecule has 0 bridgehead atoms. The molecule has 2 heterocycles. The SMILES string of the molecule is CC1CCN(c2cccc3cc(S(=O)c4ccccc4)cnc23)C1. The van der Waals surface area contributed by atoms with Crippen LogP contribution in [0.15, 0.2) is 70.6 Å². The molecule has 24 heavy (non-hydrogen) atoms. The van der Waals surface area contributed by atoms with E-state index in [0.717, 1.165) is 39.7 Å². The van der Waals surface area contributed by atoms with Crippen LogP contribution in [-0.2, 0) is 10.8 Å². The number of anilines is 1. The third-order valence-corrected chi connectivity index (χ3v) is 5.95. The normalized spacial score (nSPS) is 18.9. The van der Waals surface area contributed by atoms with Crippen molar-refractivity contribution in [1.82, 2.24) is 4.98 Å². The quantitative estimate of drug-likeness (QED) is 0.717. The minimum Gasteiger partial charge on any atom is -0.369 e. The van der Waals surface area contributed by atoms with Gasteiger partial charge in [-0.15, -0.1) is 0 Å². The first-order valence-corrected chi connectivity index (χ1v) is 9.48. The van der Waals surface area contributed by atoms with E-state index in [4.69, 9.17) is 0 Å². The Labute approximate surface area is 144 Å². The molecule has 0 N–H and O–H groups in total. The Hall–Kier alpha value is -2.20. The van der Waals surface area contributed by atoms with Gasteiger partial charge in [-0.2, -0.15) is 0 Å². The van der Waals surface area contributed by atoms with Crippen LogP contribution in [-0.4, -0.2) is 22.3 Å². The number of rotatable bonds is 3. The van der Waals surface area contributed by atoms with Crippen LogP contribution in [0.1, 0.15) is 13.3 Å². The molecular formula is C20H20N2OS. The molecule has 2 unspecified atom stereocenters. The van der Waals surface area contributed by atoms with Crippen molar-refractivity contribution in [2.24, 2.45) is 5.92 Å². The van der Waals surface area contributed by atoms with Crippen molar-refractivity contribution < 1.29 is 4.21 Å². The van der Waals surface area contributed by atoms with Gasteiger partial charge in [0.1, 0.15) is 0 Å². The van der Waals surface area contributed by atoms with Crippen LogP contribution in [0.25, 0.3) is 10.9 Å². The number of fused-ring (bicyclic) bond motifs is 1. The second kappa shape index (κ2) is 6.36. The molecule has 0 saturated carbocycles. The van der Waals surface area contributed by atoms with E-state index in [2.05, 4.69) is 35.0 Å². The summed E-state index contributed by atoms with van der Waals surface area (Å²) in [6, 6.07) is 17.8. The fourth-order valence-electron chi connectivity index (χ4n) is 3.32. The summed E-state index contributed by atoms with van der Waals surface area (Å²) in [7, 11) is -1.19. The molecule has 122 valence electrons. The maximum Gasteiger partial charge on any atom is 0.0936 e. The number of hydrogen-bond acceptors (Lipinski definition) is 3. The predicted octanol–water partition coefficient (Wildman–Crippen LogP) is 4.25. The average molecular weight is 336 g/mol. The van der Waals surface area contributed by atoms with Crippen LogP contribution in [0.3, 0.4) is 0 Å². The summed E-state index contributed by atoms with van der Waals surface area (Å²) < 4.78 is 12.7. The summed E-state index contributed by atoms with van der Waals surface area (Å²) in [6.45, 7) is 4.46. The van der Waals surface area contributed by atoms with Crippen molar-refractivity contribution in [3.05, 3.63) is 60.8 Å². The summed E-state index contributed by atoms with van der Waals surface area (Å²) in [5.74, 6) is 0.727. The van der Waals surface area contributed by atoms with E-state index < -0.39 is 10.8 Å². The van der Waals surface area contributed by atoms with E-state index in [0.29, 0.717) is 0 Å². The first-order chi connectivity index (χ1) is 11.7. The lowest BCUT2D eigenvalue weighted by Crippen LogP contribution is -2.19. The van der Waals surface area contributed by atoms with Crippen LogP contribution < -0.4 is 4.90 Å². The Bertz CT molecular complexity index is 895. The van der Waals surface area contributed by atoms with Crippen LogP contribution in [0.2, 0.25) is 0 Å². The molecule has 0 spiro atoms. The maximum atomic E-state index is 12.7. The van der Waals surface area contributed by atoms with Gasteiger partial charge in [-0.3, -0.25) is 4.98 Å². The Morgan fingerprint density at radius 1 is 1.08 bits per heavy atom. The molecule has 4 heteroatoms. The molecule has 1 aliphatic rings. The van der Waals surface area contributed by atoms with E-state index in [1.165, 1.54) is 12.1 Å². The Morgan fingerprint density at radius 3 is 2.67 bits per heavy atom. The second-order valence-corrected chi connectivity index (χ2v) is 7.92. The summed E-state index contributed by atoms with van der Waals surface area (Å²) in [5, 5.41) is 1.05. The zero-order chi connectivity index (χ0) is 16.5. The number of benzene rings is 2. The molecule has 1 aliphatic heterocycles. The van der Waals surface area contributed by atoms with E-state index in [-0.39, 0.29) is 0 Å². The lowest BCUT2D eigenvalue weighted by Gasteiger charge is -2.19. The molecular weight excluding hydrogens is 316 g/mol. The molecule has 1 saturated heterocycles. The average Bonchev–Trinajstić information content (AvgIpc) is 3.07. The van der Waals surface area contributed by atoms with Gasteiger partial charge in [0.15, 0.2) is 0 Å². The molecule has 0 radical (unpaired) electrons. The molecule has 0 aliphatic carbocycles. The molecule has 4 rings (SSSR count). The van der Waals surface area contributed by atoms with Gasteiger partial charge in [0.05, 0.1) is 26.9 Å². The van der Waals surface area contributed by atoms with Gasteiger partial charge < -0.3 is 4.90 Å². The highest BCUT2D eigenvalue weighted by molar-refractivity contribution is 7.85. The predicted molar refractivity (Wildman–Crippen MR) is 98.9 cm³/mol. The van der Waals surface area contributed by atoms with Crippen molar-refractivity contribution in [3.63, 3.8) is 0 Å².